The highest BCUT2D eigenvalue weighted by Gasteiger charge is 2.41. The van der Waals surface area contributed by atoms with Crippen LogP contribution in [-0.4, -0.2) is 22.8 Å². The first-order valence-corrected chi connectivity index (χ1v) is 4.58. The Balaban J connectivity index is 2.38. The SMILES string of the molecule is CC1OCCC1(O)c1cncc(F)c1. The van der Waals surface area contributed by atoms with Crippen molar-refractivity contribution in [3.63, 3.8) is 0 Å². The molecule has 0 aliphatic carbocycles. The van der Waals surface area contributed by atoms with E-state index in [0.29, 0.717) is 18.6 Å². The third-order valence-corrected chi connectivity index (χ3v) is 2.73. The maximum absolute atomic E-state index is 12.9. The van der Waals surface area contributed by atoms with E-state index in [9.17, 15) is 9.50 Å². The van der Waals surface area contributed by atoms with Crippen molar-refractivity contribution in [2.24, 2.45) is 0 Å². The van der Waals surface area contributed by atoms with Gasteiger partial charge in [-0.25, -0.2) is 4.39 Å². The van der Waals surface area contributed by atoms with Crippen molar-refractivity contribution in [3.8, 4) is 0 Å². The number of hydrogen-bond acceptors (Lipinski definition) is 3. The minimum absolute atomic E-state index is 0.314. The smallest absolute Gasteiger partial charge is 0.141 e. The van der Waals surface area contributed by atoms with Gasteiger partial charge in [-0.15, -0.1) is 0 Å². The Morgan fingerprint density at radius 2 is 2.43 bits per heavy atom. The highest BCUT2D eigenvalue weighted by Crippen LogP contribution is 2.35. The molecule has 4 heteroatoms. The van der Waals surface area contributed by atoms with Gasteiger partial charge >= 0.3 is 0 Å². The third-order valence-electron chi connectivity index (χ3n) is 2.73. The van der Waals surface area contributed by atoms with Crippen LogP contribution >= 0.6 is 0 Å². The lowest BCUT2D eigenvalue weighted by Crippen LogP contribution is -2.33. The van der Waals surface area contributed by atoms with Crippen LogP contribution in [0.5, 0.6) is 0 Å². The van der Waals surface area contributed by atoms with Crippen molar-refractivity contribution in [1.82, 2.24) is 4.98 Å². The van der Waals surface area contributed by atoms with Crippen molar-refractivity contribution in [3.05, 3.63) is 29.8 Å². The topological polar surface area (TPSA) is 42.4 Å². The number of halogens is 1. The zero-order valence-electron chi connectivity index (χ0n) is 7.90. The van der Waals surface area contributed by atoms with E-state index in [4.69, 9.17) is 4.74 Å². The molecule has 76 valence electrons. The van der Waals surface area contributed by atoms with E-state index < -0.39 is 11.4 Å². The lowest BCUT2D eigenvalue weighted by Gasteiger charge is -2.25. The molecule has 0 spiro atoms. The maximum Gasteiger partial charge on any atom is 0.141 e. The zero-order valence-corrected chi connectivity index (χ0v) is 7.90. The number of hydrogen-bond donors (Lipinski definition) is 1. The molecule has 2 heterocycles. The van der Waals surface area contributed by atoms with Gasteiger partial charge in [0.1, 0.15) is 11.4 Å². The summed E-state index contributed by atoms with van der Waals surface area (Å²) in [4.78, 5) is 3.72. The fourth-order valence-corrected chi connectivity index (χ4v) is 1.76. The molecule has 0 saturated carbocycles. The first kappa shape index (κ1) is 9.55. The summed E-state index contributed by atoms with van der Waals surface area (Å²) >= 11 is 0. The Morgan fingerprint density at radius 1 is 1.64 bits per heavy atom. The second kappa shape index (κ2) is 3.29. The highest BCUT2D eigenvalue weighted by atomic mass is 19.1. The molecule has 0 bridgehead atoms. The summed E-state index contributed by atoms with van der Waals surface area (Å²) in [6, 6.07) is 1.30. The first-order chi connectivity index (χ1) is 6.63. The van der Waals surface area contributed by atoms with E-state index >= 15 is 0 Å². The van der Waals surface area contributed by atoms with Crippen LogP contribution in [0.2, 0.25) is 0 Å². The fourth-order valence-electron chi connectivity index (χ4n) is 1.76. The van der Waals surface area contributed by atoms with Crippen molar-refractivity contribution in [2.45, 2.75) is 25.0 Å². The zero-order chi connectivity index (χ0) is 10.2. The van der Waals surface area contributed by atoms with E-state index in [2.05, 4.69) is 4.98 Å². The summed E-state index contributed by atoms with van der Waals surface area (Å²) < 4.78 is 18.2. The summed E-state index contributed by atoms with van der Waals surface area (Å²) in [6.07, 6.45) is 2.77. The lowest BCUT2D eigenvalue weighted by atomic mass is 9.89. The Labute approximate surface area is 81.5 Å². The lowest BCUT2D eigenvalue weighted by molar-refractivity contribution is -0.0321. The van der Waals surface area contributed by atoms with Gasteiger partial charge in [-0.3, -0.25) is 4.98 Å². The number of aliphatic hydroxyl groups is 1. The summed E-state index contributed by atoms with van der Waals surface area (Å²) in [7, 11) is 0. The van der Waals surface area contributed by atoms with Gasteiger partial charge in [-0.1, -0.05) is 0 Å². The van der Waals surface area contributed by atoms with Gasteiger partial charge in [0.2, 0.25) is 0 Å². The van der Waals surface area contributed by atoms with Crippen LogP contribution in [0, 0.1) is 5.82 Å². The second-order valence-corrected chi connectivity index (χ2v) is 3.58. The first-order valence-electron chi connectivity index (χ1n) is 4.58. The molecule has 1 fully saturated rings. The molecule has 1 saturated heterocycles. The molecule has 0 amide bonds. The molecule has 0 aromatic carbocycles. The molecule has 1 aliphatic heterocycles. The number of nitrogens with zero attached hydrogens (tertiary/aromatic N) is 1. The number of rotatable bonds is 1. The third kappa shape index (κ3) is 1.40. The normalized spacial score (nSPS) is 32.1. The Bertz CT molecular complexity index is 345. The molecule has 1 aromatic rings. The molecular weight excluding hydrogens is 185 g/mol. The predicted octanol–water partition coefficient (Wildman–Crippen LogP) is 1.22. The maximum atomic E-state index is 12.9. The van der Waals surface area contributed by atoms with E-state index in [-0.39, 0.29) is 6.10 Å². The summed E-state index contributed by atoms with van der Waals surface area (Å²) in [5, 5.41) is 10.2. The molecule has 1 aliphatic rings. The molecule has 2 unspecified atom stereocenters. The van der Waals surface area contributed by atoms with Crippen molar-refractivity contribution < 1.29 is 14.2 Å². The van der Waals surface area contributed by atoms with Gasteiger partial charge in [0.05, 0.1) is 18.9 Å². The van der Waals surface area contributed by atoms with Crippen LogP contribution < -0.4 is 0 Å². The van der Waals surface area contributed by atoms with Gasteiger partial charge in [0.25, 0.3) is 0 Å². The molecule has 1 N–H and O–H groups in total. The largest absolute Gasteiger partial charge is 0.382 e. The van der Waals surface area contributed by atoms with Crippen molar-refractivity contribution in [1.29, 1.82) is 0 Å². The van der Waals surface area contributed by atoms with Gasteiger partial charge in [0.15, 0.2) is 0 Å². The monoisotopic (exact) mass is 197 g/mol. The summed E-state index contributed by atoms with van der Waals surface area (Å²) in [5.74, 6) is -0.435. The van der Waals surface area contributed by atoms with Gasteiger partial charge < -0.3 is 9.84 Å². The summed E-state index contributed by atoms with van der Waals surface area (Å²) in [5.41, 5.74) is -0.600. The van der Waals surface area contributed by atoms with Crippen molar-refractivity contribution >= 4 is 0 Å². The van der Waals surface area contributed by atoms with Crippen molar-refractivity contribution in [2.75, 3.05) is 6.61 Å². The minimum Gasteiger partial charge on any atom is -0.382 e. The fraction of sp³-hybridized carbons (Fsp3) is 0.500. The highest BCUT2D eigenvalue weighted by molar-refractivity contribution is 5.21. The van der Waals surface area contributed by atoms with Crippen LogP contribution in [0.3, 0.4) is 0 Å². The van der Waals surface area contributed by atoms with Gasteiger partial charge in [-0.05, 0) is 13.0 Å². The van der Waals surface area contributed by atoms with Crippen LogP contribution in [0.15, 0.2) is 18.5 Å². The Hall–Kier alpha value is -1.00. The number of ether oxygens (including phenoxy) is 1. The second-order valence-electron chi connectivity index (χ2n) is 3.58. The standard InChI is InChI=1S/C10H12FNO2/c1-7-10(13,2-3-14-7)8-4-9(11)6-12-5-8/h4-7,13H,2-3H2,1H3. The average molecular weight is 197 g/mol. The van der Waals surface area contributed by atoms with E-state index in [1.54, 1.807) is 6.92 Å². The van der Waals surface area contributed by atoms with Crippen LogP contribution in [0.25, 0.3) is 0 Å². The molecule has 14 heavy (non-hydrogen) atoms. The Kier molecular flexibility index (Phi) is 2.25. The van der Waals surface area contributed by atoms with E-state index in [0.717, 1.165) is 6.20 Å². The quantitative estimate of drug-likeness (QED) is 0.736. The summed E-state index contributed by atoms with van der Waals surface area (Å²) in [6.45, 7) is 2.27. The average Bonchev–Trinajstić information content (AvgIpc) is 2.49. The van der Waals surface area contributed by atoms with Gasteiger partial charge in [0, 0.05) is 18.2 Å². The van der Waals surface area contributed by atoms with E-state index in [1.807, 2.05) is 0 Å². The van der Waals surface area contributed by atoms with Gasteiger partial charge in [-0.2, -0.15) is 0 Å². The van der Waals surface area contributed by atoms with Crippen LogP contribution in [0.1, 0.15) is 18.9 Å². The Morgan fingerprint density at radius 3 is 3.00 bits per heavy atom. The molecule has 0 radical (unpaired) electrons. The predicted molar refractivity (Wildman–Crippen MR) is 48.1 cm³/mol. The molecule has 2 rings (SSSR count). The number of pyridine rings is 1. The molecule has 3 nitrogen and oxygen atoms in total. The molecular formula is C10H12FNO2. The number of aromatic nitrogens is 1. The van der Waals surface area contributed by atoms with Crippen LogP contribution in [-0.2, 0) is 10.3 Å². The molecule has 1 aromatic heterocycles. The van der Waals surface area contributed by atoms with Crippen LogP contribution in [0.4, 0.5) is 4.39 Å². The minimum atomic E-state index is -1.09. The van der Waals surface area contributed by atoms with E-state index in [1.165, 1.54) is 12.3 Å². The molecule has 2 atom stereocenters.